The van der Waals surface area contributed by atoms with Crippen molar-refractivity contribution in [1.82, 2.24) is 25.0 Å². The third kappa shape index (κ3) is 3.36. The molecule has 0 radical (unpaired) electrons. The molecule has 23 heavy (non-hydrogen) atoms. The molecule has 126 valence electrons. The number of carbonyl (C=O) groups excluding carboxylic acids is 2. The maximum atomic E-state index is 12.5. The van der Waals surface area contributed by atoms with Gasteiger partial charge in [-0.25, -0.2) is 4.98 Å². The van der Waals surface area contributed by atoms with E-state index in [9.17, 15) is 9.59 Å². The molecule has 1 aromatic heterocycles. The second-order valence-electron chi connectivity index (χ2n) is 6.73. The lowest BCUT2D eigenvalue weighted by atomic mass is 9.99. The Morgan fingerprint density at radius 1 is 1.43 bits per heavy atom. The molecular formula is C15H23N5O3. The summed E-state index contributed by atoms with van der Waals surface area (Å²) in [5, 5.41) is 7.02. The van der Waals surface area contributed by atoms with Gasteiger partial charge in [-0.15, -0.1) is 5.10 Å². The minimum absolute atomic E-state index is 0.0245. The third-order valence-corrected chi connectivity index (χ3v) is 4.26. The van der Waals surface area contributed by atoms with Crippen molar-refractivity contribution in [3.8, 4) is 0 Å². The largest absolute Gasteiger partial charge is 0.370 e. The lowest BCUT2D eigenvalue weighted by molar-refractivity contribution is -0.127. The molecule has 2 bridgehead atoms. The number of amides is 2. The summed E-state index contributed by atoms with van der Waals surface area (Å²) in [6.07, 6.45) is 1.84. The molecule has 1 N–H and O–H groups in total. The van der Waals surface area contributed by atoms with Crippen LogP contribution in [0.1, 0.15) is 30.9 Å². The molecule has 2 fully saturated rings. The number of fused-ring (bicyclic) bond motifs is 2. The van der Waals surface area contributed by atoms with Crippen LogP contribution in [-0.2, 0) is 16.6 Å². The van der Waals surface area contributed by atoms with E-state index in [0.29, 0.717) is 32.0 Å². The second kappa shape index (κ2) is 6.27. The van der Waals surface area contributed by atoms with Crippen LogP contribution in [0.3, 0.4) is 0 Å². The molecule has 2 aliphatic heterocycles. The molecule has 0 aromatic carbocycles. The van der Waals surface area contributed by atoms with E-state index < -0.39 is 0 Å². The minimum atomic E-state index is -0.242. The zero-order chi connectivity index (χ0) is 16.6. The van der Waals surface area contributed by atoms with E-state index in [1.165, 1.54) is 11.0 Å². The maximum absolute atomic E-state index is 12.5. The van der Waals surface area contributed by atoms with Gasteiger partial charge in [-0.1, -0.05) is 13.8 Å². The Labute approximate surface area is 135 Å². The normalized spacial score (nSPS) is 26.6. The number of carbonyl (C=O) groups is 2. The summed E-state index contributed by atoms with van der Waals surface area (Å²) < 4.78 is 7.36. The van der Waals surface area contributed by atoms with Crippen molar-refractivity contribution in [2.24, 2.45) is 18.9 Å². The molecule has 3 heterocycles. The molecule has 3 rings (SSSR count). The fourth-order valence-corrected chi connectivity index (χ4v) is 3.11. The molecular weight excluding hydrogens is 298 g/mol. The number of aromatic nitrogens is 3. The molecule has 3 unspecified atom stereocenters. The smallest absolute Gasteiger partial charge is 0.293 e. The maximum Gasteiger partial charge on any atom is 0.293 e. The predicted molar refractivity (Wildman–Crippen MR) is 81.5 cm³/mol. The first kappa shape index (κ1) is 15.9. The van der Waals surface area contributed by atoms with Gasteiger partial charge in [-0.05, 0) is 12.3 Å². The first-order valence-electron chi connectivity index (χ1n) is 8.02. The van der Waals surface area contributed by atoms with Crippen molar-refractivity contribution in [3.63, 3.8) is 0 Å². The Morgan fingerprint density at radius 2 is 2.22 bits per heavy atom. The van der Waals surface area contributed by atoms with E-state index in [4.69, 9.17) is 4.74 Å². The Bertz CT molecular complexity index is 600. The van der Waals surface area contributed by atoms with Crippen molar-refractivity contribution in [1.29, 1.82) is 0 Å². The standard InChI is InChI=1S/C15H23N5O3/c1-9(2)5-16-14(21)11-4-10-6-20(7-12(11)23-10)15(22)13-17-8-19(3)18-13/h8-12H,4-7H2,1-3H3,(H,16,21). The van der Waals surface area contributed by atoms with Crippen LogP contribution in [0.4, 0.5) is 0 Å². The predicted octanol–water partition coefficient (Wildman–Crippen LogP) is -0.183. The number of aryl methyl sites for hydroxylation is 1. The Balaban J connectivity index is 1.63. The molecule has 0 aliphatic carbocycles. The summed E-state index contributed by atoms with van der Waals surface area (Å²) >= 11 is 0. The van der Waals surface area contributed by atoms with Crippen molar-refractivity contribution in [2.75, 3.05) is 19.6 Å². The van der Waals surface area contributed by atoms with Crippen LogP contribution in [-0.4, -0.2) is 63.3 Å². The summed E-state index contributed by atoms with van der Waals surface area (Å²) in [6.45, 7) is 5.68. The fourth-order valence-electron chi connectivity index (χ4n) is 3.11. The van der Waals surface area contributed by atoms with Gasteiger partial charge >= 0.3 is 0 Å². The highest BCUT2D eigenvalue weighted by molar-refractivity contribution is 5.90. The van der Waals surface area contributed by atoms with Crippen LogP contribution in [0.15, 0.2) is 6.33 Å². The van der Waals surface area contributed by atoms with Crippen LogP contribution in [0.25, 0.3) is 0 Å². The Kier molecular flexibility index (Phi) is 4.34. The Morgan fingerprint density at radius 3 is 2.87 bits per heavy atom. The van der Waals surface area contributed by atoms with Gasteiger partial charge in [0.2, 0.25) is 11.7 Å². The van der Waals surface area contributed by atoms with Gasteiger partial charge in [-0.2, -0.15) is 0 Å². The number of hydrogen-bond acceptors (Lipinski definition) is 5. The lowest BCUT2D eigenvalue weighted by Crippen LogP contribution is -2.48. The second-order valence-corrected chi connectivity index (χ2v) is 6.73. The molecule has 1 aromatic rings. The van der Waals surface area contributed by atoms with Gasteiger partial charge in [0.25, 0.3) is 5.91 Å². The van der Waals surface area contributed by atoms with E-state index in [1.807, 2.05) is 0 Å². The Hall–Kier alpha value is -1.96. The summed E-state index contributed by atoms with van der Waals surface area (Å²) in [5.41, 5.74) is 0. The van der Waals surface area contributed by atoms with Crippen LogP contribution < -0.4 is 5.32 Å². The van der Waals surface area contributed by atoms with E-state index in [-0.39, 0.29) is 35.8 Å². The molecule has 3 atom stereocenters. The van der Waals surface area contributed by atoms with Gasteiger partial charge in [0.1, 0.15) is 6.33 Å². The molecule has 0 saturated carbocycles. The fraction of sp³-hybridized carbons (Fsp3) is 0.733. The first-order chi connectivity index (χ1) is 10.9. The monoisotopic (exact) mass is 321 g/mol. The van der Waals surface area contributed by atoms with Crippen LogP contribution in [0.2, 0.25) is 0 Å². The van der Waals surface area contributed by atoms with E-state index in [0.717, 1.165) is 0 Å². The van der Waals surface area contributed by atoms with Crippen LogP contribution >= 0.6 is 0 Å². The van der Waals surface area contributed by atoms with Crippen molar-refractivity contribution in [3.05, 3.63) is 12.2 Å². The van der Waals surface area contributed by atoms with Gasteiger partial charge in [0.05, 0.1) is 18.1 Å². The van der Waals surface area contributed by atoms with Crippen molar-refractivity contribution >= 4 is 11.8 Å². The molecule has 8 heteroatoms. The number of morpholine rings is 1. The SMILES string of the molecule is CC(C)CNC(=O)C1CC2CN(C(=O)c3ncn(C)n3)CC1O2. The first-order valence-corrected chi connectivity index (χ1v) is 8.02. The zero-order valence-corrected chi connectivity index (χ0v) is 13.7. The third-order valence-electron chi connectivity index (χ3n) is 4.26. The molecule has 0 spiro atoms. The topological polar surface area (TPSA) is 89.4 Å². The van der Waals surface area contributed by atoms with E-state index >= 15 is 0 Å². The number of hydrogen-bond donors (Lipinski definition) is 1. The van der Waals surface area contributed by atoms with Crippen LogP contribution in [0.5, 0.6) is 0 Å². The highest BCUT2D eigenvalue weighted by Crippen LogP contribution is 2.32. The molecule has 2 amide bonds. The summed E-state index contributed by atoms with van der Waals surface area (Å²) in [4.78, 5) is 30.5. The summed E-state index contributed by atoms with van der Waals surface area (Å²) in [5.74, 6) is 0.236. The summed E-state index contributed by atoms with van der Waals surface area (Å²) in [7, 11) is 1.72. The van der Waals surface area contributed by atoms with E-state index in [2.05, 4.69) is 29.2 Å². The van der Waals surface area contributed by atoms with Gasteiger partial charge in [0.15, 0.2) is 0 Å². The van der Waals surface area contributed by atoms with Gasteiger partial charge < -0.3 is 15.0 Å². The average molecular weight is 321 g/mol. The molecule has 2 aliphatic rings. The van der Waals surface area contributed by atoms with Crippen LogP contribution in [0, 0.1) is 11.8 Å². The van der Waals surface area contributed by atoms with Gasteiger partial charge in [-0.3, -0.25) is 14.3 Å². The lowest BCUT2D eigenvalue weighted by Gasteiger charge is -2.32. The minimum Gasteiger partial charge on any atom is -0.370 e. The van der Waals surface area contributed by atoms with Gasteiger partial charge in [0, 0.05) is 26.7 Å². The highest BCUT2D eigenvalue weighted by atomic mass is 16.5. The average Bonchev–Trinajstić information content (AvgIpc) is 3.07. The number of ether oxygens (including phenoxy) is 1. The van der Waals surface area contributed by atoms with Crippen molar-refractivity contribution in [2.45, 2.75) is 32.5 Å². The zero-order valence-electron chi connectivity index (χ0n) is 13.7. The van der Waals surface area contributed by atoms with Crippen molar-refractivity contribution < 1.29 is 14.3 Å². The number of likely N-dealkylation sites (tertiary alicyclic amines) is 1. The summed E-state index contributed by atoms with van der Waals surface area (Å²) in [6, 6.07) is 0. The molecule has 2 saturated heterocycles. The highest BCUT2D eigenvalue weighted by Gasteiger charge is 2.46. The number of nitrogens with zero attached hydrogens (tertiary/aromatic N) is 4. The molecule has 8 nitrogen and oxygen atoms in total. The number of rotatable bonds is 4. The number of nitrogens with one attached hydrogen (secondary N) is 1. The quantitative estimate of drug-likeness (QED) is 0.831. The van der Waals surface area contributed by atoms with E-state index in [1.54, 1.807) is 11.9 Å².